The van der Waals surface area contributed by atoms with Crippen molar-refractivity contribution in [2.45, 2.75) is 18.6 Å². The highest BCUT2D eigenvalue weighted by Crippen LogP contribution is 2.09. The zero-order valence-electron chi connectivity index (χ0n) is 8.85. The molecule has 0 aromatic carbocycles. The van der Waals surface area contributed by atoms with Crippen LogP contribution in [0.5, 0.6) is 0 Å². The molecule has 0 aromatic rings. The summed E-state index contributed by atoms with van der Waals surface area (Å²) in [5.41, 5.74) is 0. The van der Waals surface area contributed by atoms with Crippen molar-refractivity contribution in [3.8, 4) is 0 Å². The van der Waals surface area contributed by atoms with Crippen LogP contribution in [0.4, 0.5) is 0 Å². The molecule has 2 N–H and O–H groups in total. The maximum Gasteiger partial charge on any atom is 0.240 e. The van der Waals surface area contributed by atoms with Gasteiger partial charge >= 0.3 is 0 Å². The smallest absolute Gasteiger partial charge is 0.240 e. The minimum Gasteiger partial charge on any atom is -0.392 e. The standard InChI is InChI=1S/C11H18N2O2/c1-3-5-13(6-4-2)11(15)10-7-9(14)8-12-10/h3-4,9-10,12,14H,1-2,5-8H2/t9-,10+/m0/s1. The van der Waals surface area contributed by atoms with Crippen LogP contribution in [0.1, 0.15) is 6.42 Å². The first kappa shape index (κ1) is 11.9. The molecular weight excluding hydrogens is 192 g/mol. The van der Waals surface area contributed by atoms with Gasteiger partial charge in [-0.3, -0.25) is 4.79 Å². The fourth-order valence-electron chi connectivity index (χ4n) is 1.69. The predicted molar refractivity (Wildman–Crippen MR) is 59.4 cm³/mol. The fraction of sp³-hybridized carbons (Fsp3) is 0.545. The van der Waals surface area contributed by atoms with Gasteiger partial charge in [-0.05, 0) is 6.42 Å². The molecule has 15 heavy (non-hydrogen) atoms. The van der Waals surface area contributed by atoms with E-state index in [9.17, 15) is 9.90 Å². The summed E-state index contributed by atoms with van der Waals surface area (Å²) in [5, 5.41) is 12.3. The predicted octanol–water partition coefficient (Wildman–Crippen LogP) is -0.0902. The first-order valence-electron chi connectivity index (χ1n) is 5.11. The molecule has 84 valence electrons. The lowest BCUT2D eigenvalue weighted by molar-refractivity contribution is -0.132. The number of aliphatic hydroxyl groups is 1. The summed E-state index contributed by atoms with van der Waals surface area (Å²) < 4.78 is 0. The summed E-state index contributed by atoms with van der Waals surface area (Å²) in [6.07, 6.45) is 3.46. The van der Waals surface area contributed by atoms with E-state index >= 15 is 0 Å². The average molecular weight is 210 g/mol. The van der Waals surface area contributed by atoms with Crippen molar-refractivity contribution in [3.63, 3.8) is 0 Å². The number of carbonyl (C=O) groups excluding carboxylic acids is 1. The lowest BCUT2D eigenvalue weighted by atomic mass is 10.2. The van der Waals surface area contributed by atoms with Crippen molar-refractivity contribution in [3.05, 3.63) is 25.3 Å². The molecule has 4 nitrogen and oxygen atoms in total. The number of amides is 1. The molecule has 1 aliphatic heterocycles. The van der Waals surface area contributed by atoms with Crippen molar-refractivity contribution < 1.29 is 9.90 Å². The summed E-state index contributed by atoms with van der Waals surface area (Å²) in [6.45, 7) is 8.74. The summed E-state index contributed by atoms with van der Waals surface area (Å²) in [6, 6.07) is -0.264. The first-order valence-corrected chi connectivity index (χ1v) is 5.11. The van der Waals surface area contributed by atoms with E-state index in [0.717, 1.165) is 0 Å². The first-order chi connectivity index (χ1) is 7.19. The third-order valence-corrected chi connectivity index (χ3v) is 2.42. The SMILES string of the molecule is C=CCN(CC=C)C(=O)[C@H]1C[C@H](O)CN1. The molecule has 0 unspecified atom stereocenters. The van der Waals surface area contributed by atoms with E-state index in [2.05, 4.69) is 18.5 Å². The van der Waals surface area contributed by atoms with Gasteiger partial charge in [-0.1, -0.05) is 12.2 Å². The normalized spacial score (nSPS) is 24.9. The Morgan fingerprint density at radius 2 is 2.07 bits per heavy atom. The summed E-state index contributed by atoms with van der Waals surface area (Å²) in [5.74, 6) is 0.00588. The van der Waals surface area contributed by atoms with Crippen LogP contribution >= 0.6 is 0 Å². The molecule has 0 aromatic heterocycles. The minimum atomic E-state index is -0.409. The maximum atomic E-state index is 11.9. The molecule has 4 heteroatoms. The van der Waals surface area contributed by atoms with E-state index in [1.54, 1.807) is 17.1 Å². The number of carbonyl (C=O) groups is 1. The lowest BCUT2D eigenvalue weighted by Crippen LogP contribution is -2.43. The molecule has 0 radical (unpaired) electrons. The number of hydrogen-bond donors (Lipinski definition) is 2. The second-order valence-electron chi connectivity index (χ2n) is 3.67. The van der Waals surface area contributed by atoms with Crippen LogP contribution in [0.25, 0.3) is 0 Å². The fourth-order valence-corrected chi connectivity index (χ4v) is 1.69. The molecule has 1 rings (SSSR count). The van der Waals surface area contributed by atoms with E-state index in [-0.39, 0.29) is 11.9 Å². The van der Waals surface area contributed by atoms with Gasteiger partial charge in [0.05, 0.1) is 12.1 Å². The number of β-amino-alcohol motifs (C(OH)–C–C–N with tert-alkyl or cyclic N) is 1. The average Bonchev–Trinajstić information content (AvgIpc) is 2.63. The molecule has 0 bridgehead atoms. The van der Waals surface area contributed by atoms with E-state index in [1.807, 2.05) is 0 Å². The van der Waals surface area contributed by atoms with Crippen molar-refractivity contribution >= 4 is 5.91 Å². The molecule has 1 fully saturated rings. The zero-order valence-corrected chi connectivity index (χ0v) is 8.85. The van der Waals surface area contributed by atoms with Gasteiger partial charge in [-0.15, -0.1) is 13.2 Å². The van der Waals surface area contributed by atoms with Crippen molar-refractivity contribution in [2.24, 2.45) is 0 Å². The Balaban J connectivity index is 2.54. The van der Waals surface area contributed by atoms with E-state index in [4.69, 9.17) is 0 Å². The van der Waals surface area contributed by atoms with Gasteiger partial charge in [0.15, 0.2) is 0 Å². The monoisotopic (exact) mass is 210 g/mol. The molecule has 1 aliphatic rings. The molecule has 1 amide bonds. The summed E-state index contributed by atoms with van der Waals surface area (Å²) in [7, 11) is 0. The van der Waals surface area contributed by atoms with Crippen molar-refractivity contribution in [2.75, 3.05) is 19.6 Å². The number of nitrogens with one attached hydrogen (secondary N) is 1. The zero-order chi connectivity index (χ0) is 11.3. The van der Waals surface area contributed by atoms with Gasteiger partial charge in [0.2, 0.25) is 5.91 Å². The van der Waals surface area contributed by atoms with E-state index < -0.39 is 6.10 Å². The lowest BCUT2D eigenvalue weighted by Gasteiger charge is -2.22. The van der Waals surface area contributed by atoms with Crippen LogP contribution in [0.3, 0.4) is 0 Å². The Bertz CT molecular complexity index is 243. The minimum absolute atomic E-state index is 0.00588. The Hall–Kier alpha value is -1.13. The van der Waals surface area contributed by atoms with Crippen LogP contribution in [0, 0.1) is 0 Å². The Labute approximate surface area is 90.3 Å². The van der Waals surface area contributed by atoms with Crippen LogP contribution in [-0.2, 0) is 4.79 Å². The number of rotatable bonds is 5. The highest BCUT2D eigenvalue weighted by molar-refractivity contribution is 5.82. The van der Waals surface area contributed by atoms with Gasteiger partial charge in [-0.25, -0.2) is 0 Å². The van der Waals surface area contributed by atoms with Crippen molar-refractivity contribution in [1.29, 1.82) is 0 Å². The van der Waals surface area contributed by atoms with Crippen LogP contribution in [0.15, 0.2) is 25.3 Å². The topological polar surface area (TPSA) is 52.6 Å². The van der Waals surface area contributed by atoms with Crippen LogP contribution in [-0.4, -0.2) is 47.7 Å². The van der Waals surface area contributed by atoms with Gasteiger partial charge in [-0.2, -0.15) is 0 Å². The number of aliphatic hydroxyl groups excluding tert-OH is 1. The van der Waals surface area contributed by atoms with E-state index in [1.165, 1.54) is 0 Å². The Kier molecular flexibility index (Phi) is 4.52. The van der Waals surface area contributed by atoms with Crippen molar-refractivity contribution in [1.82, 2.24) is 10.2 Å². The number of nitrogens with zero attached hydrogens (tertiary/aromatic N) is 1. The Morgan fingerprint density at radius 3 is 2.47 bits per heavy atom. The third kappa shape index (κ3) is 3.18. The highest BCUT2D eigenvalue weighted by Gasteiger charge is 2.30. The molecule has 1 saturated heterocycles. The molecular formula is C11H18N2O2. The van der Waals surface area contributed by atoms with E-state index in [0.29, 0.717) is 26.1 Å². The van der Waals surface area contributed by atoms with Crippen LogP contribution < -0.4 is 5.32 Å². The summed E-state index contributed by atoms with van der Waals surface area (Å²) >= 11 is 0. The molecule has 0 saturated carbocycles. The highest BCUT2D eigenvalue weighted by atomic mass is 16.3. The second kappa shape index (κ2) is 5.68. The third-order valence-electron chi connectivity index (χ3n) is 2.42. The molecule has 1 heterocycles. The second-order valence-corrected chi connectivity index (χ2v) is 3.67. The van der Waals surface area contributed by atoms with Gasteiger partial charge < -0.3 is 15.3 Å². The maximum absolute atomic E-state index is 11.9. The van der Waals surface area contributed by atoms with Crippen LogP contribution in [0.2, 0.25) is 0 Å². The van der Waals surface area contributed by atoms with Gasteiger partial charge in [0.1, 0.15) is 0 Å². The Morgan fingerprint density at radius 1 is 1.47 bits per heavy atom. The summed E-state index contributed by atoms with van der Waals surface area (Å²) in [4.78, 5) is 13.6. The quantitative estimate of drug-likeness (QED) is 0.624. The van der Waals surface area contributed by atoms with Gasteiger partial charge in [0.25, 0.3) is 0 Å². The molecule has 2 atom stereocenters. The largest absolute Gasteiger partial charge is 0.392 e. The molecule has 0 spiro atoms. The van der Waals surface area contributed by atoms with Gasteiger partial charge in [0, 0.05) is 19.6 Å². The number of hydrogen-bond acceptors (Lipinski definition) is 3. The molecule has 0 aliphatic carbocycles.